The lowest BCUT2D eigenvalue weighted by Gasteiger charge is -2.22. The molecule has 35 heavy (non-hydrogen) atoms. The monoisotopic (exact) mass is 488 g/mol. The number of nitrogens with one attached hydrogen (secondary N) is 2. The quantitative estimate of drug-likeness (QED) is 0.382. The van der Waals surface area contributed by atoms with E-state index in [-0.39, 0.29) is 11.7 Å². The Balaban J connectivity index is 1.68. The fraction of sp³-hybridized carbons (Fsp3) is 0.542. The molecule has 11 nitrogen and oxygen atoms in total. The maximum absolute atomic E-state index is 12.9. The molecule has 7 amide bonds. The SMILES string of the molecule is CCCOc1ccc(N2C(=O)C(=O)N(CC(=O)NC(=O)NC3CCCCC3)C2=O)cc1OCCC. The van der Waals surface area contributed by atoms with Crippen LogP contribution in [-0.2, 0) is 14.4 Å². The van der Waals surface area contributed by atoms with Gasteiger partial charge in [0, 0.05) is 12.1 Å². The number of ether oxygens (including phenoxy) is 2. The zero-order valence-electron chi connectivity index (χ0n) is 20.1. The van der Waals surface area contributed by atoms with Gasteiger partial charge in [0.1, 0.15) is 6.54 Å². The van der Waals surface area contributed by atoms with Gasteiger partial charge in [0.2, 0.25) is 5.91 Å². The van der Waals surface area contributed by atoms with E-state index in [0.717, 1.165) is 44.9 Å². The minimum absolute atomic E-state index is 0.0166. The van der Waals surface area contributed by atoms with E-state index in [0.29, 0.717) is 34.5 Å². The van der Waals surface area contributed by atoms with Gasteiger partial charge in [-0.2, -0.15) is 0 Å². The summed E-state index contributed by atoms with van der Waals surface area (Å²) in [7, 11) is 0. The Morgan fingerprint density at radius 1 is 0.943 bits per heavy atom. The molecular formula is C24H32N4O7. The van der Waals surface area contributed by atoms with Crippen molar-refractivity contribution in [2.24, 2.45) is 0 Å². The average molecular weight is 489 g/mol. The van der Waals surface area contributed by atoms with Gasteiger partial charge in [0.05, 0.1) is 18.9 Å². The molecule has 1 aliphatic heterocycles. The lowest BCUT2D eigenvalue weighted by atomic mass is 9.96. The highest BCUT2D eigenvalue weighted by Crippen LogP contribution is 2.34. The van der Waals surface area contributed by atoms with Crippen molar-refractivity contribution in [3.63, 3.8) is 0 Å². The lowest BCUT2D eigenvalue weighted by Crippen LogP contribution is -2.49. The van der Waals surface area contributed by atoms with Gasteiger partial charge in [-0.25, -0.2) is 19.4 Å². The Morgan fingerprint density at radius 3 is 2.26 bits per heavy atom. The summed E-state index contributed by atoms with van der Waals surface area (Å²) in [6.45, 7) is 3.98. The molecule has 0 atom stereocenters. The molecule has 0 radical (unpaired) electrons. The van der Waals surface area contributed by atoms with E-state index in [4.69, 9.17) is 9.47 Å². The first-order valence-corrected chi connectivity index (χ1v) is 12.1. The number of nitrogens with zero attached hydrogens (tertiary/aromatic N) is 2. The minimum Gasteiger partial charge on any atom is -0.490 e. The van der Waals surface area contributed by atoms with E-state index < -0.39 is 36.3 Å². The molecule has 2 aliphatic rings. The van der Waals surface area contributed by atoms with E-state index in [9.17, 15) is 24.0 Å². The van der Waals surface area contributed by atoms with Gasteiger partial charge < -0.3 is 14.8 Å². The molecule has 1 saturated carbocycles. The Bertz CT molecular complexity index is 975. The second kappa shape index (κ2) is 12.2. The summed E-state index contributed by atoms with van der Waals surface area (Å²) < 4.78 is 11.4. The van der Waals surface area contributed by atoms with Crippen LogP contribution in [0.25, 0.3) is 0 Å². The van der Waals surface area contributed by atoms with Crippen molar-refractivity contribution >= 4 is 35.5 Å². The third kappa shape index (κ3) is 6.49. The van der Waals surface area contributed by atoms with E-state index in [1.165, 1.54) is 12.1 Å². The molecule has 1 aromatic carbocycles. The first-order valence-electron chi connectivity index (χ1n) is 12.1. The molecule has 190 valence electrons. The highest BCUT2D eigenvalue weighted by Gasteiger charge is 2.46. The molecule has 0 spiro atoms. The van der Waals surface area contributed by atoms with Crippen LogP contribution in [0.4, 0.5) is 15.3 Å². The highest BCUT2D eigenvalue weighted by atomic mass is 16.5. The van der Waals surface area contributed by atoms with E-state index in [1.54, 1.807) is 6.07 Å². The van der Waals surface area contributed by atoms with Crippen molar-refractivity contribution in [2.75, 3.05) is 24.7 Å². The lowest BCUT2D eigenvalue weighted by molar-refractivity contribution is -0.140. The topological polar surface area (TPSA) is 134 Å². The number of carbonyl (C=O) groups is 5. The van der Waals surface area contributed by atoms with Crippen LogP contribution in [0.5, 0.6) is 11.5 Å². The number of anilines is 1. The molecule has 0 bridgehead atoms. The van der Waals surface area contributed by atoms with Gasteiger partial charge in [-0.15, -0.1) is 0 Å². The number of amides is 7. The van der Waals surface area contributed by atoms with Crippen LogP contribution in [-0.4, -0.2) is 60.5 Å². The maximum Gasteiger partial charge on any atom is 0.339 e. The summed E-state index contributed by atoms with van der Waals surface area (Å²) in [5.41, 5.74) is 0.112. The molecule has 2 N–H and O–H groups in total. The number of imide groups is 3. The number of rotatable bonds is 10. The third-order valence-corrected chi connectivity index (χ3v) is 5.66. The molecule has 1 heterocycles. The number of carbonyl (C=O) groups excluding carboxylic acids is 5. The van der Waals surface area contributed by atoms with Crippen LogP contribution in [0.1, 0.15) is 58.8 Å². The van der Waals surface area contributed by atoms with Crippen LogP contribution in [0, 0.1) is 0 Å². The van der Waals surface area contributed by atoms with Gasteiger partial charge in [0.25, 0.3) is 0 Å². The summed E-state index contributed by atoms with van der Waals surface area (Å²) in [6.07, 6.45) is 6.30. The summed E-state index contributed by atoms with van der Waals surface area (Å²) in [4.78, 5) is 63.6. The van der Waals surface area contributed by atoms with Crippen molar-refractivity contribution in [3.05, 3.63) is 18.2 Å². The summed E-state index contributed by atoms with van der Waals surface area (Å²) in [5, 5.41) is 4.84. The average Bonchev–Trinajstić information content (AvgIpc) is 3.05. The van der Waals surface area contributed by atoms with Gasteiger partial charge >= 0.3 is 23.9 Å². The molecule has 1 aromatic rings. The van der Waals surface area contributed by atoms with Crippen LogP contribution in [0.3, 0.4) is 0 Å². The molecule has 0 aromatic heterocycles. The van der Waals surface area contributed by atoms with Gasteiger partial charge in [0.15, 0.2) is 11.5 Å². The molecule has 3 rings (SSSR count). The maximum atomic E-state index is 12.9. The minimum atomic E-state index is -1.15. The molecule has 1 saturated heterocycles. The molecule has 0 unspecified atom stereocenters. The summed E-state index contributed by atoms with van der Waals surface area (Å²) in [6, 6.07) is 2.79. The van der Waals surface area contributed by atoms with E-state index >= 15 is 0 Å². The summed E-state index contributed by atoms with van der Waals surface area (Å²) >= 11 is 0. The Kier molecular flexibility index (Phi) is 9.04. The number of hydrogen-bond donors (Lipinski definition) is 2. The molecule has 1 aliphatic carbocycles. The van der Waals surface area contributed by atoms with Crippen LogP contribution in [0.15, 0.2) is 18.2 Å². The smallest absolute Gasteiger partial charge is 0.339 e. The second-order valence-electron chi connectivity index (χ2n) is 8.50. The standard InChI is InChI=1S/C24H32N4O7/c1-3-12-34-18-11-10-17(14-19(18)35-13-4-2)28-22(31)21(30)27(24(28)33)15-20(29)26-23(32)25-16-8-6-5-7-9-16/h10-11,14,16H,3-9,12-13,15H2,1-2H3,(H2,25,26,29,32). The highest BCUT2D eigenvalue weighted by molar-refractivity contribution is 6.53. The van der Waals surface area contributed by atoms with Crippen LogP contribution < -0.4 is 25.0 Å². The van der Waals surface area contributed by atoms with E-state index in [2.05, 4.69) is 10.6 Å². The normalized spacial score (nSPS) is 16.5. The Labute approximate surface area is 204 Å². The second-order valence-corrected chi connectivity index (χ2v) is 8.50. The largest absolute Gasteiger partial charge is 0.490 e. The third-order valence-electron chi connectivity index (χ3n) is 5.66. The van der Waals surface area contributed by atoms with Gasteiger partial charge in [-0.1, -0.05) is 33.1 Å². The first kappa shape index (κ1) is 26.0. The van der Waals surface area contributed by atoms with Crippen molar-refractivity contribution in [2.45, 2.75) is 64.8 Å². The van der Waals surface area contributed by atoms with Crippen molar-refractivity contribution in [1.29, 1.82) is 0 Å². The predicted octanol–water partition coefficient (Wildman–Crippen LogP) is 2.72. The van der Waals surface area contributed by atoms with Crippen molar-refractivity contribution < 1.29 is 33.4 Å². The fourth-order valence-corrected chi connectivity index (χ4v) is 3.94. The van der Waals surface area contributed by atoms with Gasteiger partial charge in [-0.05, 0) is 37.8 Å². The molecule has 2 fully saturated rings. The zero-order chi connectivity index (χ0) is 25.4. The molecule has 11 heteroatoms. The Morgan fingerprint density at radius 2 is 1.60 bits per heavy atom. The molecular weight excluding hydrogens is 456 g/mol. The first-order chi connectivity index (χ1) is 16.8. The zero-order valence-corrected chi connectivity index (χ0v) is 20.1. The number of urea groups is 2. The van der Waals surface area contributed by atoms with Gasteiger partial charge in [-0.3, -0.25) is 19.7 Å². The van der Waals surface area contributed by atoms with Crippen molar-refractivity contribution in [3.8, 4) is 11.5 Å². The number of benzene rings is 1. The number of hydrogen-bond acceptors (Lipinski definition) is 7. The Hall–Kier alpha value is -3.63. The fourth-order valence-electron chi connectivity index (χ4n) is 3.94. The van der Waals surface area contributed by atoms with Crippen molar-refractivity contribution in [1.82, 2.24) is 15.5 Å². The van der Waals surface area contributed by atoms with Crippen LogP contribution in [0.2, 0.25) is 0 Å². The van der Waals surface area contributed by atoms with E-state index in [1.807, 2.05) is 13.8 Å². The van der Waals surface area contributed by atoms with Crippen LogP contribution >= 0.6 is 0 Å². The predicted molar refractivity (Wildman–Crippen MR) is 126 cm³/mol. The summed E-state index contributed by atoms with van der Waals surface area (Å²) in [5.74, 6) is -2.33.